The highest BCUT2D eigenvalue weighted by Crippen LogP contribution is 2.61. The van der Waals surface area contributed by atoms with E-state index in [1.165, 1.54) is 25.3 Å². The van der Waals surface area contributed by atoms with Crippen LogP contribution in [0.4, 0.5) is 0 Å². The van der Waals surface area contributed by atoms with Gasteiger partial charge in [-0.2, -0.15) is 11.1 Å². The molecule has 2 rings (SSSR count). The maximum atomic E-state index is 6.52. The fourth-order valence-corrected chi connectivity index (χ4v) is 6.32. The van der Waals surface area contributed by atoms with Gasteiger partial charge in [0.25, 0.3) is 0 Å². The summed E-state index contributed by atoms with van der Waals surface area (Å²) in [5.41, 5.74) is 0.585. The maximum absolute atomic E-state index is 6.52. The normalized spacial score (nSPS) is 40.5. The van der Waals surface area contributed by atoms with Crippen LogP contribution in [0.5, 0.6) is 0 Å². The molecule has 0 aliphatic heterocycles. The molecule has 2 aliphatic carbocycles. The second-order valence-corrected chi connectivity index (χ2v) is 13.5. The van der Waals surface area contributed by atoms with Crippen LogP contribution in [-0.4, -0.2) is 7.38 Å². The third-order valence-corrected chi connectivity index (χ3v) is 6.63. The van der Waals surface area contributed by atoms with E-state index in [1.807, 2.05) is 0 Å². The van der Waals surface area contributed by atoms with Gasteiger partial charge in [0.1, 0.15) is 0 Å². The molecule has 0 nitrogen and oxygen atoms in total. The Hall–Kier alpha value is 0.507. The quantitative estimate of drug-likeness (QED) is 0.484. The van der Waals surface area contributed by atoms with E-state index >= 15 is 0 Å². The highest BCUT2D eigenvalue weighted by molar-refractivity contribution is 7.19. The highest BCUT2D eigenvalue weighted by Gasteiger charge is 2.53. The SMILES string of the molecule is CC1(C)C2CCC(C2)C1C[Si](C)(C)Cl. The van der Waals surface area contributed by atoms with Crippen molar-refractivity contribution in [3.63, 3.8) is 0 Å². The molecule has 2 bridgehead atoms. The van der Waals surface area contributed by atoms with Crippen LogP contribution in [0.15, 0.2) is 0 Å². The van der Waals surface area contributed by atoms with E-state index < -0.39 is 7.38 Å². The molecule has 2 saturated carbocycles. The number of fused-ring (bicyclic) bond motifs is 2. The van der Waals surface area contributed by atoms with Gasteiger partial charge in [0, 0.05) is 0 Å². The van der Waals surface area contributed by atoms with Gasteiger partial charge in [-0.1, -0.05) is 26.9 Å². The minimum atomic E-state index is -1.38. The number of hydrogen-bond acceptors (Lipinski definition) is 0. The Morgan fingerprint density at radius 3 is 2.36 bits per heavy atom. The van der Waals surface area contributed by atoms with Crippen LogP contribution in [0.25, 0.3) is 0 Å². The van der Waals surface area contributed by atoms with Gasteiger partial charge in [-0.15, -0.1) is 0 Å². The molecule has 3 unspecified atom stereocenters. The Bertz CT molecular complexity index is 229. The second-order valence-electron chi connectivity index (χ2n) is 6.62. The smallest absolute Gasteiger partial charge is 0.150 e. The van der Waals surface area contributed by atoms with Crippen molar-refractivity contribution in [1.82, 2.24) is 0 Å². The standard InChI is InChI=1S/C12H23ClSi/c1-12(2)10-6-5-9(7-10)11(12)8-14(3,4)13/h9-11H,5-8H2,1-4H3. The molecule has 2 aliphatic rings. The summed E-state index contributed by atoms with van der Waals surface area (Å²) in [6.07, 6.45) is 4.47. The number of halogens is 1. The highest BCUT2D eigenvalue weighted by atomic mass is 35.6. The monoisotopic (exact) mass is 230 g/mol. The predicted molar refractivity (Wildman–Crippen MR) is 66.2 cm³/mol. The minimum Gasteiger partial charge on any atom is -0.168 e. The summed E-state index contributed by atoms with van der Waals surface area (Å²) in [7, 11) is -1.38. The average molecular weight is 231 g/mol. The van der Waals surface area contributed by atoms with Gasteiger partial charge in [0.2, 0.25) is 0 Å². The predicted octanol–water partition coefficient (Wildman–Crippen LogP) is 4.50. The van der Waals surface area contributed by atoms with Gasteiger partial charge in [-0.3, -0.25) is 0 Å². The lowest BCUT2D eigenvalue weighted by molar-refractivity contribution is 0.136. The van der Waals surface area contributed by atoms with E-state index in [-0.39, 0.29) is 0 Å². The molecule has 0 spiro atoms. The Morgan fingerprint density at radius 1 is 1.29 bits per heavy atom. The van der Waals surface area contributed by atoms with E-state index in [9.17, 15) is 0 Å². The largest absolute Gasteiger partial charge is 0.168 e. The topological polar surface area (TPSA) is 0 Å². The van der Waals surface area contributed by atoms with Crippen molar-refractivity contribution in [1.29, 1.82) is 0 Å². The molecule has 0 aromatic heterocycles. The second kappa shape index (κ2) is 3.25. The lowest BCUT2D eigenvalue weighted by Crippen LogP contribution is -2.35. The third kappa shape index (κ3) is 1.78. The van der Waals surface area contributed by atoms with Crippen LogP contribution in [0.3, 0.4) is 0 Å². The first-order chi connectivity index (χ1) is 6.31. The van der Waals surface area contributed by atoms with Crippen molar-refractivity contribution < 1.29 is 0 Å². The minimum absolute atomic E-state index is 0.585. The zero-order chi connectivity index (χ0) is 10.6. The molecule has 14 heavy (non-hydrogen) atoms. The van der Waals surface area contributed by atoms with Crippen LogP contribution in [0.2, 0.25) is 19.1 Å². The number of rotatable bonds is 2. The van der Waals surface area contributed by atoms with E-state index in [0.29, 0.717) is 5.41 Å². The summed E-state index contributed by atoms with van der Waals surface area (Å²) in [6, 6.07) is 1.34. The number of hydrogen-bond donors (Lipinski definition) is 0. The zero-order valence-electron chi connectivity index (χ0n) is 9.94. The van der Waals surface area contributed by atoms with E-state index in [2.05, 4.69) is 26.9 Å². The Balaban J connectivity index is 2.12. The first kappa shape index (κ1) is 11.0. The first-order valence-corrected chi connectivity index (χ1v) is 10.2. The average Bonchev–Trinajstić information content (AvgIpc) is 2.51. The molecule has 0 heterocycles. The van der Waals surface area contributed by atoms with Gasteiger partial charge in [0.05, 0.1) is 0 Å². The summed E-state index contributed by atoms with van der Waals surface area (Å²) < 4.78 is 0. The molecule has 0 saturated heterocycles. The first-order valence-electron chi connectivity index (χ1n) is 5.99. The molecule has 0 aromatic rings. The van der Waals surface area contributed by atoms with Gasteiger partial charge >= 0.3 is 0 Å². The molecule has 0 amide bonds. The molecule has 2 heteroatoms. The summed E-state index contributed by atoms with van der Waals surface area (Å²) in [5, 5.41) is 0. The Kier molecular flexibility index (Phi) is 2.55. The fourth-order valence-electron chi connectivity index (χ4n) is 3.92. The Morgan fingerprint density at radius 2 is 1.93 bits per heavy atom. The van der Waals surface area contributed by atoms with Crippen LogP contribution >= 0.6 is 11.1 Å². The maximum Gasteiger partial charge on any atom is 0.150 e. The van der Waals surface area contributed by atoms with Crippen molar-refractivity contribution in [3.05, 3.63) is 0 Å². The van der Waals surface area contributed by atoms with Crippen molar-refractivity contribution in [2.24, 2.45) is 23.2 Å². The van der Waals surface area contributed by atoms with Crippen molar-refractivity contribution in [3.8, 4) is 0 Å². The van der Waals surface area contributed by atoms with Crippen LogP contribution in [0, 0.1) is 23.2 Å². The zero-order valence-corrected chi connectivity index (χ0v) is 11.7. The van der Waals surface area contributed by atoms with Crippen molar-refractivity contribution >= 4 is 18.5 Å². The van der Waals surface area contributed by atoms with Gasteiger partial charge in [-0.05, 0) is 48.5 Å². The summed E-state index contributed by atoms with van der Waals surface area (Å²) >= 11 is 6.52. The van der Waals surface area contributed by atoms with Gasteiger partial charge in [0.15, 0.2) is 7.38 Å². The van der Waals surface area contributed by atoms with Crippen molar-refractivity contribution in [2.45, 2.75) is 52.2 Å². The van der Waals surface area contributed by atoms with Gasteiger partial charge < -0.3 is 0 Å². The van der Waals surface area contributed by atoms with Gasteiger partial charge in [-0.25, -0.2) is 0 Å². The molecule has 2 fully saturated rings. The van der Waals surface area contributed by atoms with Crippen LogP contribution in [-0.2, 0) is 0 Å². The molecule has 0 aromatic carbocycles. The van der Waals surface area contributed by atoms with E-state index in [1.54, 1.807) is 0 Å². The summed E-state index contributed by atoms with van der Waals surface area (Å²) in [4.78, 5) is 0. The molecular weight excluding hydrogens is 208 g/mol. The van der Waals surface area contributed by atoms with Crippen LogP contribution < -0.4 is 0 Å². The van der Waals surface area contributed by atoms with Crippen LogP contribution in [0.1, 0.15) is 33.1 Å². The lowest BCUT2D eigenvalue weighted by atomic mass is 9.69. The molecular formula is C12H23ClSi. The molecule has 0 N–H and O–H groups in total. The Labute approximate surface area is 94.1 Å². The molecule has 82 valence electrons. The molecule has 3 atom stereocenters. The molecule has 0 radical (unpaired) electrons. The van der Waals surface area contributed by atoms with Crippen molar-refractivity contribution in [2.75, 3.05) is 0 Å². The summed E-state index contributed by atoms with van der Waals surface area (Å²) in [5.74, 6) is 2.95. The summed E-state index contributed by atoms with van der Waals surface area (Å²) in [6.45, 7) is 9.57. The fraction of sp³-hybridized carbons (Fsp3) is 1.00. The van der Waals surface area contributed by atoms with E-state index in [4.69, 9.17) is 11.1 Å². The third-order valence-electron chi connectivity index (χ3n) is 4.76. The lowest BCUT2D eigenvalue weighted by Gasteiger charge is -2.40. The van der Waals surface area contributed by atoms with E-state index in [0.717, 1.165) is 17.8 Å².